The predicted octanol–water partition coefficient (Wildman–Crippen LogP) is 0.918. The van der Waals surface area contributed by atoms with Gasteiger partial charge in [0.15, 0.2) is 5.69 Å². The lowest BCUT2D eigenvalue weighted by molar-refractivity contribution is -0.157. The van der Waals surface area contributed by atoms with Crippen LogP contribution in [0, 0.1) is 11.8 Å². The van der Waals surface area contributed by atoms with Crippen molar-refractivity contribution in [2.45, 2.75) is 25.9 Å². The van der Waals surface area contributed by atoms with Crippen LogP contribution in [-0.2, 0) is 34.2 Å². The summed E-state index contributed by atoms with van der Waals surface area (Å²) < 4.78 is 4.55. The Balaban J connectivity index is 1.59. The molecule has 1 atom stereocenters. The summed E-state index contributed by atoms with van der Waals surface area (Å²) in [6.07, 6.45) is 3.92. The van der Waals surface area contributed by atoms with E-state index < -0.39 is 18.0 Å². The smallest absolute Gasteiger partial charge is 0.317 e. The number of aryl methyl sites for hydroxylation is 1. The number of esters is 2. The Morgan fingerprint density at radius 3 is 2.63 bits per heavy atom. The van der Waals surface area contributed by atoms with Gasteiger partial charge in [-0.25, -0.2) is 0 Å². The molecular formula is C25H25N5O5. The molecule has 180 valence electrons. The molecule has 0 radical (unpaired) electrons. The quantitative estimate of drug-likeness (QED) is 0.304. The van der Waals surface area contributed by atoms with E-state index in [1.54, 1.807) is 44.6 Å². The minimum Gasteiger partial charge on any atom is -0.393 e. The lowest BCUT2D eigenvalue weighted by atomic mass is 10.0. The number of amides is 1. The van der Waals surface area contributed by atoms with Crippen LogP contribution in [0.3, 0.4) is 0 Å². The lowest BCUT2D eigenvalue weighted by Gasteiger charge is -2.21. The molecule has 3 aromatic rings. The van der Waals surface area contributed by atoms with Gasteiger partial charge in [0.25, 0.3) is 5.91 Å². The molecule has 0 saturated heterocycles. The van der Waals surface area contributed by atoms with E-state index in [1.807, 2.05) is 6.07 Å². The molecule has 3 rings (SSSR count). The van der Waals surface area contributed by atoms with Gasteiger partial charge in [0.1, 0.15) is 0 Å². The highest BCUT2D eigenvalue weighted by Crippen LogP contribution is 2.11. The summed E-state index contributed by atoms with van der Waals surface area (Å²) in [5.74, 6) is 4.17. The van der Waals surface area contributed by atoms with Gasteiger partial charge >= 0.3 is 11.9 Å². The topological polar surface area (TPSA) is 128 Å². The first-order chi connectivity index (χ1) is 16.7. The zero-order valence-corrected chi connectivity index (χ0v) is 19.6. The normalized spacial score (nSPS) is 11.2. The maximum atomic E-state index is 12.8. The van der Waals surface area contributed by atoms with E-state index in [1.165, 1.54) is 29.0 Å². The number of nitrogens with zero attached hydrogens (tertiary/aromatic N) is 5. The fraction of sp³-hybridized carbons (Fsp3) is 0.280. The minimum absolute atomic E-state index is 0.0506. The minimum atomic E-state index is -0.837. The molecule has 0 bridgehead atoms. The van der Waals surface area contributed by atoms with Crippen molar-refractivity contribution in [3.05, 3.63) is 76.9 Å². The van der Waals surface area contributed by atoms with E-state index in [0.29, 0.717) is 22.4 Å². The summed E-state index contributed by atoms with van der Waals surface area (Å²) in [6.45, 7) is 1.26. The number of aliphatic hydroxyl groups is 1. The maximum Gasteiger partial charge on any atom is 0.317 e. The van der Waals surface area contributed by atoms with Crippen LogP contribution in [0.25, 0.3) is 0 Å². The zero-order valence-electron chi connectivity index (χ0n) is 19.6. The fourth-order valence-corrected chi connectivity index (χ4v) is 3.35. The summed E-state index contributed by atoms with van der Waals surface area (Å²) in [5, 5.41) is 18.6. The third-order valence-electron chi connectivity index (χ3n) is 4.82. The first-order valence-corrected chi connectivity index (χ1v) is 10.8. The second-order valence-electron chi connectivity index (χ2n) is 7.94. The molecule has 0 aliphatic carbocycles. The van der Waals surface area contributed by atoms with Gasteiger partial charge in [0.05, 0.1) is 24.3 Å². The van der Waals surface area contributed by atoms with E-state index in [2.05, 4.69) is 31.8 Å². The summed E-state index contributed by atoms with van der Waals surface area (Å²) in [6, 6.07) is 8.70. The van der Waals surface area contributed by atoms with Crippen molar-refractivity contribution in [2.24, 2.45) is 7.05 Å². The van der Waals surface area contributed by atoms with Gasteiger partial charge in [0.2, 0.25) is 0 Å². The van der Waals surface area contributed by atoms with Crippen LogP contribution < -0.4 is 0 Å². The van der Waals surface area contributed by atoms with Crippen molar-refractivity contribution < 1.29 is 24.2 Å². The van der Waals surface area contributed by atoms with E-state index in [-0.39, 0.29) is 25.3 Å². The standard InChI is InChI=1S/C25H25N5O5/c1-17(31)35-24(33)12-19-6-4-5-18(9-19)11-23(32)16-29(2)25(34)21-10-20(13-26-14-21)7-8-22-15-27-30(3)28-22/h4-6,9-10,13-15,23,32H,11-12,16H2,1-3H3/t23-/m0/s1. The molecule has 1 aromatic carbocycles. The molecule has 1 amide bonds. The predicted molar refractivity (Wildman–Crippen MR) is 125 cm³/mol. The zero-order chi connectivity index (χ0) is 25.4. The first-order valence-electron chi connectivity index (χ1n) is 10.8. The van der Waals surface area contributed by atoms with E-state index >= 15 is 0 Å². The Labute approximate surface area is 202 Å². The fourth-order valence-electron chi connectivity index (χ4n) is 3.35. The van der Waals surface area contributed by atoms with E-state index in [0.717, 1.165) is 5.56 Å². The molecule has 10 heteroatoms. The van der Waals surface area contributed by atoms with Crippen LogP contribution >= 0.6 is 0 Å². The van der Waals surface area contributed by atoms with Crippen molar-refractivity contribution in [3.63, 3.8) is 0 Å². The van der Waals surface area contributed by atoms with Crippen LogP contribution in [0.1, 0.15) is 39.7 Å². The molecular weight excluding hydrogens is 450 g/mol. The van der Waals surface area contributed by atoms with Crippen molar-refractivity contribution in [2.75, 3.05) is 13.6 Å². The van der Waals surface area contributed by atoms with Gasteiger partial charge in [-0.1, -0.05) is 30.2 Å². The van der Waals surface area contributed by atoms with E-state index in [9.17, 15) is 19.5 Å². The number of ether oxygens (including phenoxy) is 1. The average molecular weight is 476 g/mol. The summed E-state index contributed by atoms with van der Waals surface area (Å²) in [5.41, 5.74) is 2.85. The van der Waals surface area contributed by atoms with Gasteiger partial charge in [-0.15, -0.1) is 5.10 Å². The van der Waals surface area contributed by atoms with Crippen molar-refractivity contribution in [1.29, 1.82) is 0 Å². The molecule has 10 nitrogen and oxygen atoms in total. The van der Waals surface area contributed by atoms with Crippen molar-refractivity contribution >= 4 is 17.8 Å². The molecule has 2 aromatic heterocycles. The van der Waals surface area contributed by atoms with E-state index in [4.69, 9.17) is 0 Å². The number of carbonyl (C=O) groups excluding carboxylic acids is 3. The largest absolute Gasteiger partial charge is 0.393 e. The summed E-state index contributed by atoms with van der Waals surface area (Å²) in [7, 11) is 3.29. The Bertz CT molecular complexity index is 1290. The molecule has 0 unspecified atom stereocenters. The third kappa shape index (κ3) is 7.87. The van der Waals surface area contributed by atoms with Crippen LogP contribution in [0.2, 0.25) is 0 Å². The molecule has 0 saturated carbocycles. The number of aliphatic hydroxyl groups excluding tert-OH is 1. The summed E-state index contributed by atoms with van der Waals surface area (Å²) >= 11 is 0. The second-order valence-corrected chi connectivity index (χ2v) is 7.94. The molecule has 0 aliphatic heterocycles. The number of rotatable bonds is 7. The average Bonchev–Trinajstić information content (AvgIpc) is 3.22. The Morgan fingerprint density at radius 1 is 1.14 bits per heavy atom. The van der Waals surface area contributed by atoms with Crippen molar-refractivity contribution in [3.8, 4) is 11.8 Å². The molecule has 35 heavy (non-hydrogen) atoms. The van der Waals surface area contributed by atoms with Crippen LogP contribution in [0.5, 0.6) is 0 Å². The molecule has 2 heterocycles. The van der Waals surface area contributed by atoms with Crippen LogP contribution in [0.4, 0.5) is 0 Å². The third-order valence-corrected chi connectivity index (χ3v) is 4.82. The Kier molecular flexibility index (Phi) is 8.43. The molecule has 0 aliphatic rings. The number of pyridine rings is 1. The van der Waals surface area contributed by atoms with Gasteiger partial charge in [-0.3, -0.25) is 19.4 Å². The number of hydrogen-bond donors (Lipinski definition) is 1. The number of aromatic nitrogens is 4. The molecule has 0 fully saturated rings. The Hall–Kier alpha value is -4.36. The summed E-state index contributed by atoms with van der Waals surface area (Å²) in [4.78, 5) is 42.4. The van der Waals surface area contributed by atoms with Gasteiger partial charge in [-0.05, 0) is 23.1 Å². The van der Waals surface area contributed by atoms with Gasteiger partial charge < -0.3 is 14.7 Å². The first kappa shape index (κ1) is 25.3. The number of carbonyl (C=O) groups is 3. The van der Waals surface area contributed by atoms with Gasteiger partial charge in [-0.2, -0.15) is 9.90 Å². The second kappa shape index (κ2) is 11.7. The monoisotopic (exact) mass is 475 g/mol. The lowest BCUT2D eigenvalue weighted by Crippen LogP contribution is -2.35. The molecule has 1 N–H and O–H groups in total. The van der Waals surface area contributed by atoms with Crippen LogP contribution in [0.15, 0.2) is 48.9 Å². The number of likely N-dealkylation sites (N-methyl/N-ethyl adjacent to an activating group) is 1. The number of benzene rings is 1. The van der Waals surface area contributed by atoms with Crippen molar-refractivity contribution in [1.82, 2.24) is 24.9 Å². The Morgan fingerprint density at radius 2 is 1.91 bits per heavy atom. The number of hydrogen-bond acceptors (Lipinski definition) is 8. The maximum absolute atomic E-state index is 12.8. The van der Waals surface area contributed by atoms with Crippen LogP contribution in [-0.4, -0.2) is 67.5 Å². The highest BCUT2D eigenvalue weighted by Gasteiger charge is 2.17. The molecule has 0 spiro atoms. The highest BCUT2D eigenvalue weighted by molar-refractivity contribution is 5.94. The SMILES string of the molecule is CC(=O)OC(=O)Cc1cccc(C[C@H](O)CN(C)C(=O)c2cncc(C#Cc3cnn(C)n3)c2)c1. The highest BCUT2D eigenvalue weighted by atomic mass is 16.6. The van der Waals surface area contributed by atoms with Gasteiger partial charge in [0, 0.05) is 51.9 Å².